The molecule has 1 atom stereocenters. The summed E-state index contributed by atoms with van der Waals surface area (Å²) in [5.41, 5.74) is 5.51. The van der Waals surface area contributed by atoms with Gasteiger partial charge in [-0.1, -0.05) is 48.5 Å². The molecule has 3 amide bonds. The van der Waals surface area contributed by atoms with Crippen molar-refractivity contribution in [2.75, 3.05) is 10.2 Å². The van der Waals surface area contributed by atoms with Crippen molar-refractivity contribution in [2.45, 2.75) is 32.9 Å². The Morgan fingerprint density at radius 3 is 2.50 bits per heavy atom. The van der Waals surface area contributed by atoms with Crippen LogP contribution in [0.1, 0.15) is 34.0 Å². The number of rotatable bonds is 4. The van der Waals surface area contributed by atoms with Crippen molar-refractivity contribution in [3.05, 3.63) is 95.1 Å². The Morgan fingerprint density at radius 1 is 1.00 bits per heavy atom. The van der Waals surface area contributed by atoms with Crippen molar-refractivity contribution in [1.82, 2.24) is 5.32 Å². The van der Waals surface area contributed by atoms with Crippen molar-refractivity contribution >= 4 is 23.3 Å². The number of aryl methyl sites for hydroxylation is 1. The van der Waals surface area contributed by atoms with Crippen LogP contribution in [0.4, 0.5) is 16.2 Å². The molecule has 3 aromatic rings. The van der Waals surface area contributed by atoms with E-state index in [-0.39, 0.29) is 18.0 Å². The first kappa shape index (κ1) is 19.7. The molecule has 0 bridgehead atoms. The zero-order valence-corrected chi connectivity index (χ0v) is 17.2. The molecule has 0 aromatic heterocycles. The maximum Gasteiger partial charge on any atom is 0.319 e. The van der Waals surface area contributed by atoms with E-state index in [2.05, 4.69) is 23.6 Å². The number of carbonyl (C=O) groups excluding carboxylic acids is 2. The summed E-state index contributed by atoms with van der Waals surface area (Å²) in [6, 6.07) is 22.9. The molecular formula is C25H25N3O2. The lowest BCUT2D eigenvalue weighted by atomic mass is 10.1. The number of benzene rings is 3. The van der Waals surface area contributed by atoms with E-state index in [4.69, 9.17) is 0 Å². The van der Waals surface area contributed by atoms with Gasteiger partial charge in [-0.25, -0.2) is 4.79 Å². The summed E-state index contributed by atoms with van der Waals surface area (Å²) in [6.45, 7) is 4.40. The van der Waals surface area contributed by atoms with E-state index in [9.17, 15) is 9.59 Å². The lowest BCUT2D eigenvalue weighted by molar-refractivity contribution is 0.0981. The monoisotopic (exact) mass is 399 g/mol. The zero-order chi connectivity index (χ0) is 21.1. The minimum absolute atomic E-state index is 0.00394. The number of hydrogen-bond donors (Lipinski definition) is 2. The SMILES string of the molecule is Cc1ccccc1NC(=O)NCc1ccc2c(c1)N(C(=O)c1ccccc1)[C@@H](C)C2. The van der Waals surface area contributed by atoms with E-state index in [1.54, 1.807) is 0 Å². The molecule has 0 saturated heterocycles. The Hall–Kier alpha value is -3.60. The number of hydrogen-bond acceptors (Lipinski definition) is 2. The van der Waals surface area contributed by atoms with Gasteiger partial charge in [0.25, 0.3) is 5.91 Å². The Balaban J connectivity index is 1.47. The number of nitrogens with zero attached hydrogens (tertiary/aromatic N) is 1. The Morgan fingerprint density at radius 2 is 1.73 bits per heavy atom. The number of nitrogens with one attached hydrogen (secondary N) is 2. The van der Waals surface area contributed by atoms with Gasteiger partial charge in [-0.15, -0.1) is 0 Å². The number of amides is 3. The molecule has 5 nitrogen and oxygen atoms in total. The standard InChI is InChI=1S/C25H25N3O2/c1-17-8-6-7-11-22(17)27-25(30)26-16-19-12-13-21-14-18(2)28(23(21)15-19)24(29)20-9-4-3-5-10-20/h3-13,15,18H,14,16H2,1-2H3,(H2,26,27,30)/t18-/m0/s1. The van der Waals surface area contributed by atoms with E-state index in [1.807, 2.05) is 78.6 Å². The van der Waals surface area contributed by atoms with Crippen LogP contribution in [-0.4, -0.2) is 18.0 Å². The van der Waals surface area contributed by atoms with Crippen LogP contribution in [0.5, 0.6) is 0 Å². The molecule has 3 aromatic carbocycles. The molecule has 1 aliphatic heterocycles. The first-order valence-corrected chi connectivity index (χ1v) is 10.1. The molecule has 30 heavy (non-hydrogen) atoms. The molecule has 0 fully saturated rings. The number of para-hydroxylation sites is 1. The first-order valence-electron chi connectivity index (χ1n) is 10.1. The molecule has 2 N–H and O–H groups in total. The topological polar surface area (TPSA) is 61.4 Å². The fourth-order valence-electron chi connectivity index (χ4n) is 3.85. The maximum atomic E-state index is 13.1. The quantitative estimate of drug-likeness (QED) is 0.655. The third-order valence-corrected chi connectivity index (χ3v) is 5.45. The molecule has 0 spiro atoms. The highest BCUT2D eigenvalue weighted by Gasteiger charge is 2.31. The van der Waals surface area contributed by atoms with Crippen LogP contribution in [0.3, 0.4) is 0 Å². The fraction of sp³-hybridized carbons (Fsp3) is 0.200. The number of carbonyl (C=O) groups is 2. The molecule has 152 valence electrons. The fourth-order valence-corrected chi connectivity index (χ4v) is 3.85. The summed E-state index contributed by atoms with van der Waals surface area (Å²) in [5.74, 6) is 0.00394. The van der Waals surface area contributed by atoms with Crippen LogP contribution in [0.25, 0.3) is 0 Å². The highest BCUT2D eigenvalue weighted by molar-refractivity contribution is 6.07. The largest absolute Gasteiger partial charge is 0.334 e. The highest BCUT2D eigenvalue weighted by atomic mass is 16.2. The summed E-state index contributed by atoms with van der Waals surface area (Å²) in [4.78, 5) is 27.2. The van der Waals surface area contributed by atoms with Gasteiger partial charge >= 0.3 is 6.03 Å². The van der Waals surface area contributed by atoms with E-state index in [1.165, 1.54) is 0 Å². The normalized spacial score (nSPS) is 14.9. The summed E-state index contributed by atoms with van der Waals surface area (Å²) >= 11 is 0. The molecule has 4 rings (SSSR count). The van der Waals surface area contributed by atoms with Crippen molar-refractivity contribution in [3.63, 3.8) is 0 Å². The maximum absolute atomic E-state index is 13.1. The van der Waals surface area contributed by atoms with Crippen molar-refractivity contribution < 1.29 is 9.59 Å². The minimum Gasteiger partial charge on any atom is -0.334 e. The lowest BCUT2D eigenvalue weighted by Gasteiger charge is -2.23. The van der Waals surface area contributed by atoms with Gasteiger partial charge in [0.2, 0.25) is 0 Å². The number of urea groups is 1. The van der Waals surface area contributed by atoms with E-state index >= 15 is 0 Å². The Kier molecular flexibility index (Phi) is 5.53. The van der Waals surface area contributed by atoms with E-state index in [0.717, 1.165) is 34.5 Å². The molecule has 5 heteroatoms. The Bertz CT molecular complexity index is 1080. The van der Waals surface area contributed by atoms with Crippen LogP contribution < -0.4 is 15.5 Å². The third-order valence-electron chi connectivity index (χ3n) is 5.45. The number of anilines is 2. The molecular weight excluding hydrogens is 374 g/mol. The van der Waals surface area contributed by atoms with Gasteiger partial charge in [-0.2, -0.15) is 0 Å². The van der Waals surface area contributed by atoms with Gasteiger partial charge < -0.3 is 15.5 Å². The predicted octanol–water partition coefficient (Wildman–Crippen LogP) is 4.91. The van der Waals surface area contributed by atoms with Crippen molar-refractivity contribution in [2.24, 2.45) is 0 Å². The van der Waals surface area contributed by atoms with Crippen LogP contribution in [-0.2, 0) is 13.0 Å². The average molecular weight is 399 g/mol. The lowest BCUT2D eigenvalue weighted by Crippen LogP contribution is -2.35. The smallest absolute Gasteiger partial charge is 0.319 e. The average Bonchev–Trinajstić information content (AvgIpc) is 3.09. The van der Waals surface area contributed by atoms with Gasteiger partial charge in [-0.05, 0) is 61.2 Å². The molecule has 1 heterocycles. The van der Waals surface area contributed by atoms with E-state index in [0.29, 0.717) is 12.1 Å². The first-order chi connectivity index (χ1) is 14.5. The predicted molar refractivity (Wildman–Crippen MR) is 120 cm³/mol. The van der Waals surface area contributed by atoms with Crippen LogP contribution in [0.15, 0.2) is 72.8 Å². The highest BCUT2D eigenvalue weighted by Crippen LogP contribution is 2.34. The van der Waals surface area contributed by atoms with Crippen LogP contribution in [0.2, 0.25) is 0 Å². The minimum atomic E-state index is -0.254. The second-order valence-electron chi connectivity index (χ2n) is 7.68. The van der Waals surface area contributed by atoms with Crippen molar-refractivity contribution in [3.8, 4) is 0 Å². The van der Waals surface area contributed by atoms with Crippen LogP contribution in [0, 0.1) is 6.92 Å². The summed E-state index contributed by atoms with van der Waals surface area (Å²) < 4.78 is 0. The summed E-state index contributed by atoms with van der Waals surface area (Å²) in [5, 5.41) is 5.77. The number of fused-ring (bicyclic) bond motifs is 1. The van der Waals surface area contributed by atoms with E-state index < -0.39 is 0 Å². The summed E-state index contributed by atoms with van der Waals surface area (Å²) in [6.07, 6.45) is 0.829. The van der Waals surface area contributed by atoms with Gasteiger partial charge in [0, 0.05) is 29.5 Å². The molecule has 0 aliphatic carbocycles. The van der Waals surface area contributed by atoms with Crippen molar-refractivity contribution in [1.29, 1.82) is 0 Å². The molecule has 1 aliphatic rings. The van der Waals surface area contributed by atoms with Crippen LogP contribution >= 0.6 is 0 Å². The molecule has 0 saturated carbocycles. The zero-order valence-electron chi connectivity index (χ0n) is 17.2. The molecule has 0 unspecified atom stereocenters. The molecule has 0 radical (unpaired) electrons. The van der Waals surface area contributed by atoms with Gasteiger partial charge in [0.05, 0.1) is 0 Å². The van der Waals surface area contributed by atoms with Gasteiger partial charge in [-0.3, -0.25) is 4.79 Å². The Labute approximate surface area is 176 Å². The second-order valence-corrected chi connectivity index (χ2v) is 7.68. The third kappa shape index (κ3) is 4.06. The van der Waals surface area contributed by atoms with Gasteiger partial charge in [0.15, 0.2) is 0 Å². The summed E-state index contributed by atoms with van der Waals surface area (Å²) in [7, 11) is 0. The second kappa shape index (κ2) is 8.41. The van der Waals surface area contributed by atoms with Gasteiger partial charge in [0.1, 0.15) is 0 Å².